The van der Waals surface area contributed by atoms with Crippen LogP contribution >= 0.6 is 11.6 Å². The Morgan fingerprint density at radius 1 is 1.21 bits per heavy atom. The van der Waals surface area contributed by atoms with E-state index in [2.05, 4.69) is 5.32 Å². The van der Waals surface area contributed by atoms with Crippen molar-refractivity contribution in [2.24, 2.45) is 0 Å². The molecule has 0 radical (unpaired) electrons. The molecule has 0 fully saturated rings. The molecule has 0 aliphatic heterocycles. The summed E-state index contributed by atoms with van der Waals surface area (Å²) in [7, 11) is 0. The fourth-order valence-corrected chi connectivity index (χ4v) is 2.10. The lowest BCUT2D eigenvalue weighted by molar-refractivity contribution is -0.384. The Morgan fingerprint density at radius 2 is 1.92 bits per heavy atom. The summed E-state index contributed by atoms with van der Waals surface area (Å²) in [4.78, 5) is 21.7. The molecule has 2 rings (SSSR count). The van der Waals surface area contributed by atoms with Gasteiger partial charge in [0, 0.05) is 22.8 Å². The van der Waals surface area contributed by atoms with Crippen LogP contribution in [0.25, 0.3) is 0 Å². The van der Waals surface area contributed by atoms with Gasteiger partial charge in [-0.05, 0) is 42.8 Å². The van der Waals surface area contributed by atoms with Gasteiger partial charge in [-0.1, -0.05) is 11.6 Å². The van der Waals surface area contributed by atoms with Gasteiger partial charge in [-0.15, -0.1) is 0 Å². The molecule has 2 aromatic carbocycles. The predicted octanol–water partition coefficient (Wildman–Crippen LogP) is 4.18. The molecule has 0 aliphatic carbocycles. The van der Waals surface area contributed by atoms with Crippen LogP contribution < -0.4 is 10.1 Å². The number of benzene rings is 2. The molecule has 0 atom stereocenters. The highest BCUT2D eigenvalue weighted by atomic mass is 35.5. The van der Waals surface area contributed by atoms with Crippen molar-refractivity contribution in [3.05, 3.63) is 63.2 Å². The molecular formula is C16H15ClN2O5. The Kier molecular flexibility index (Phi) is 5.97. The van der Waals surface area contributed by atoms with Crippen LogP contribution in [0.2, 0.25) is 5.02 Å². The summed E-state index contributed by atoms with van der Waals surface area (Å²) in [5, 5.41) is 13.7. The molecule has 0 aliphatic rings. The van der Waals surface area contributed by atoms with Gasteiger partial charge in [0.15, 0.2) is 0 Å². The molecule has 8 heteroatoms. The fourth-order valence-electron chi connectivity index (χ4n) is 1.87. The second-order valence-electron chi connectivity index (χ2n) is 4.82. The minimum atomic E-state index is -0.604. The number of hydrogen-bond acceptors (Lipinski definition) is 5. The number of carbonyl (C=O) groups is 1. The number of hydrogen-bond donors (Lipinski definition) is 1. The molecule has 0 saturated carbocycles. The Balaban J connectivity index is 1.73. The van der Waals surface area contributed by atoms with Gasteiger partial charge in [0.1, 0.15) is 19.0 Å². The lowest BCUT2D eigenvalue weighted by Gasteiger charge is -2.10. The molecule has 1 N–H and O–H groups in total. The molecule has 0 unspecified atom stereocenters. The first-order valence-electron chi connectivity index (χ1n) is 7.03. The molecular weight excluding hydrogens is 336 g/mol. The summed E-state index contributed by atoms with van der Waals surface area (Å²) >= 11 is 5.84. The van der Waals surface area contributed by atoms with Crippen LogP contribution in [0.15, 0.2) is 42.5 Å². The van der Waals surface area contributed by atoms with Gasteiger partial charge in [0.05, 0.1) is 4.92 Å². The summed E-state index contributed by atoms with van der Waals surface area (Å²) in [6.07, 6.45) is -0.604. The number of aryl methyl sites for hydroxylation is 1. The van der Waals surface area contributed by atoms with Gasteiger partial charge in [-0.2, -0.15) is 0 Å². The number of non-ortho nitro benzene ring substituents is 1. The zero-order valence-electron chi connectivity index (χ0n) is 12.8. The zero-order valence-corrected chi connectivity index (χ0v) is 13.6. The van der Waals surface area contributed by atoms with E-state index in [0.29, 0.717) is 16.5 Å². The van der Waals surface area contributed by atoms with E-state index < -0.39 is 11.0 Å². The molecule has 2 aromatic rings. The van der Waals surface area contributed by atoms with Crippen LogP contribution in [0.5, 0.6) is 5.75 Å². The van der Waals surface area contributed by atoms with Crippen molar-refractivity contribution in [3.63, 3.8) is 0 Å². The third kappa shape index (κ3) is 5.13. The maximum atomic E-state index is 11.7. The van der Waals surface area contributed by atoms with E-state index in [4.69, 9.17) is 21.1 Å². The van der Waals surface area contributed by atoms with Crippen molar-refractivity contribution in [3.8, 4) is 5.75 Å². The summed E-state index contributed by atoms with van der Waals surface area (Å²) in [5.41, 5.74) is 1.42. The molecule has 7 nitrogen and oxygen atoms in total. The maximum absolute atomic E-state index is 11.7. The lowest BCUT2D eigenvalue weighted by Crippen LogP contribution is -2.18. The van der Waals surface area contributed by atoms with E-state index in [-0.39, 0.29) is 18.9 Å². The Morgan fingerprint density at radius 3 is 2.54 bits per heavy atom. The monoisotopic (exact) mass is 350 g/mol. The molecule has 0 bridgehead atoms. The Labute approximate surface area is 143 Å². The highest BCUT2D eigenvalue weighted by molar-refractivity contribution is 6.30. The number of nitro groups is 1. The van der Waals surface area contributed by atoms with E-state index >= 15 is 0 Å². The third-order valence-electron chi connectivity index (χ3n) is 3.06. The van der Waals surface area contributed by atoms with E-state index in [1.54, 1.807) is 18.2 Å². The highest BCUT2D eigenvalue weighted by Crippen LogP contribution is 2.20. The van der Waals surface area contributed by atoms with Gasteiger partial charge < -0.3 is 9.47 Å². The minimum absolute atomic E-state index is 0.0173. The number of halogens is 1. The van der Waals surface area contributed by atoms with Crippen molar-refractivity contribution in [2.75, 3.05) is 18.5 Å². The van der Waals surface area contributed by atoms with Gasteiger partial charge in [-0.3, -0.25) is 15.4 Å². The number of rotatable bonds is 6. The highest BCUT2D eigenvalue weighted by Gasteiger charge is 2.07. The molecule has 0 heterocycles. The fraction of sp³-hybridized carbons (Fsp3) is 0.188. The van der Waals surface area contributed by atoms with Crippen molar-refractivity contribution >= 4 is 29.1 Å². The van der Waals surface area contributed by atoms with Crippen molar-refractivity contribution in [1.82, 2.24) is 0 Å². The van der Waals surface area contributed by atoms with Crippen LogP contribution in [0.3, 0.4) is 0 Å². The first kappa shape index (κ1) is 17.6. The smallest absolute Gasteiger partial charge is 0.411 e. The molecule has 0 spiro atoms. The number of nitrogens with one attached hydrogen (secondary N) is 1. The van der Waals surface area contributed by atoms with Gasteiger partial charge >= 0.3 is 6.09 Å². The topological polar surface area (TPSA) is 90.7 Å². The average molecular weight is 351 g/mol. The summed E-state index contributed by atoms with van der Waals surface area (Å²) in [6, 6.07) is 10.7. The first-order valence-corrected chi connectivity index (χ1v) is 7.40. The summed E-state index contributed by atoms with van der Waals surface area (Å²) < 4.78 is 10.3. The number of carbonyl (C=O) groups excluding carboxylic acids is 1. The van der Waals surface area contributed by atoms with Crippen LogP contribution in [0.1, 0.15) is 5.56 Å². The van der Waals surface area contributed by atoms with Crippen molar-refractivity contribution in [1.29, 1.82) is 0 Å². The van der Waals surface area contributed by atoms with Crippen LogP contribution in [0.4, 0.5) is 16.2 Å². The second-order valence-corrected chi connectivity index (χ2v) is 5.26. The largest absolute Gasteiger partial charge is 0.490 e. The first-order chi connectivity index (χ1) is 11.5. The maximum Gasteiger partial charge on any atom is 0.411 e. The van der Waals surface area contributed by atoms with Gasteiger partial charge in [0.2, 0.25) is 0 Å². The lowest BCUT2D eigenvalue weighted by atomic mass is 10.2. The molecule has 0 aromatic heterocycles. The number of amides is 1. The molecule has 0 saturated heterocycles. The normalized spacial score (nSPS) is 10.1. The van der Waals surface area contributed by atoms with Crippen molar-refractivity contribution < 1.29 is 19.2 Å². The number of ether oxygens (including phenoxy) is 2. The number of nitro benzene ring substituents is 1. The van der Waals surface area contributed by atoms with Gasteiger partial charge in [0.25, 0.3) is 5.69 Å². The SMILES string of the molecule is Cc1cc(Cl)ccc1NC(=O)OCCOc1ccc([N+](=O)[O-])cc1. The summed E-state index contributed by atoms with van der Waals surface area (Å²) in [5.74, 6) is 0.457. The summed E-state index contributed by atoms with van der Waals surface area (Å²) in [6.45, 7) is 1.99. The number of anilines is 1. The van der Waals surface area contributed by atoms with E-state index in [0.717, 1.165) is 5.56 Å². The molecule has 126 valence electrons. The molecule has 1 amide bonds. The van der Waals surface area contributed by atoms with Crippen LogP contribution in [-0.4, -0.2) is 24.2 Å². The Hall–Kier alpha value is -2.80. The zero-order chi connectivity index (χ0) is 17.5. The van der Waals surface area contributed by atoms with Crippen molar-refractivity contribution in [2.45, 2.75) is 6.92 Å². The quantitative estimate of drug-likeness (QED) is 0.479. The minimum Gasteiger partial charge on any atom is -0.490 e. The van der Waals surface area contributed by atoms with E-state index in [1.807, 2.05) is 6.92 Å². The predicted molar refractivity (Wildman–Crippen MR) is 89.8 cm³/mol. The third-order valence-corrected chi connectivity index (χ3v) is 3.29. The number of nitrogens with zero attached hydrogens (tertiary/aromatic N) is 1. The second kappa shape index (κ2) is 8.16. The van der Waals surface area contributed by atoms with Gasteiger partial charge in [-0.25, -0.2) is 4.79 Å². The Bertz CT molecular complexity index is 734. The van der Waals surface area contributed by atoms with E-state index in [1.165, 1.54) is 24.3 Å². The average Bonchev–Trinajstić information content (AvgIpc) is 2.55. The van der Waals surface area contributed by atoms with Crippen LogP contribution in [0, 0.1) is 17.0 Å². The standard InChI is InChI=1S/C16H15ClN2O5/c1-11-10-12(17)2-7-15(11)18-16(20)24-9-8-23-14-5-3-13(4-6-14)19(21)22/h2-7,10H,8-9H2,1H3,(H,18,20). The van der Waals surface area contributed by atoms with Crippen LogP contribution in [-0.2, 0) is 4.74 Å². The molecule has 24 heavy (non-hydrogen) atoms. The van der Waals surface area contributed by atoms with E-state index in [9.17, 15) is 14.9 Å².